The van der Waals surface area contributed by atoms with Gasteiger partial charge in [-0.2, -0.15) is 0 Å². The Morgan fingerprint density at radius 1 is 0.900 bits per heavy atom. The third-order valence-electron chi connectivity index (χ3n) is 2.53. The molecule has 0 aliphatic heterocycles. The summed E-state index contributed by atoms with van der Waals surface area (Å²) in [4.78, 5) is 21.8. The van der Waals surface area contributed by atoms with E-state index >= 15 is 0 Å². The van der Waals surface area contributed by atoms with E-state index in [0.29, 0.717) is 0 Å². The molecule has 1 rings (SSSR count). The second kappa shape index (κ2) is 5.40. The maximum atomic E-state index is 10.9. The van der Waals surface area contributed by atoms with E-state index in [2.05, 4.69) is 0 Å². The van der Waals surface area contributed by atoms with E-state index in [1.54, 1.807) is 6.07 Å². The highest BCUT2D eigenvalue weighted by Crippen LogP contribution is 2.25. The number of carbonyl (C=O) groups excluding carboxylic acids is 2. The van der Waals surface area contributed by atoms with Gasteiger partial charge in [0.25, 0.3) is 0 Å². The molecule has 1 aromatic carbocycles. The monoisotopic (exact) mass is 280 g/mol. The van der Waals surface area contributed by atoms with Crippen molar-refractivity contribution in [1.82, 2.24) is 0 Å². The lowest BCUT2D eigenvalue weighted by atomic mass is 10.1. The molecular weight excluding hydrogens is 264 g/mol. The summed E-state index contributed by atoms with van der Waals surface area (Å²) in [5, 5.41) is 21.8. The van der Waals surface area contributed by atoms with Crippen molar-refractivity contribution in [2.75, 3.05) is 0 Å². The Morgan fingerprint density at radius 3 is 1.55 bits per heavy atom. The summed E-state index contributed by atoms with van der Waals surface area (Å²) < 4.78 is 10.5. The Balaban J connectivity index is 2.92. The predicted octanol–water partition coefficient (Wildman–Crippen LogP) is -0.499. The largest absolute Gasteiger partial charge is 0.546 e. The van der Waals surface area contributed by atoms with E-state index in [-0.39, 0.29) is 11.5 Å². The lowest BCUT2D eigenvalue weighted by molar-refractivity contribution is -0.321. The number of hydrogen-bond acceptors (Lipinski definition) is 6. The second-order valence-electron chi connectivity index (χ2n) is 5.27. The van der Waals surface area contributed by atoms with Crippen molar-refractivity contribution in [3.63, 3.8) is 0 Å². The SMILES string of the molecule is CC(C)(Oc1cccc(OC(C)(C)C(=O)[O-])c1)C(=O)[O-]. The number of carbonyl (C=O) groups is 2. The summed E-state index contributed by atoms with van der Waals surface area (Å²) in [5.74, 6) is -2.27. The normalized spacial score (nSPS) is 11.8. The van der Waals surface area contributed by atoms with Gasteiger partial charge in [-0.25, -0.2) is 0 Å². The van der Waals surface area contributed by atoms with Crippen LogP contribution in [0.2, 0.25) is 0 Å². The molecule has 0 aromatic heterocycles. The standard InChI is InChI=1S/C14H18O6/c1-13(2,11(15)16)19-9-6-5-7-10(8-9)20-14(3,4)12(17)18/h5-8H,1-4H3,(H,15,16)(H,17,18)/p-2. The zero-order valence-electron chi connectivity index (χ0n) is 11.8. The number of aliphatic carboxylic acids is 2. The smallest absolute Gasteiger partial charge is 0.143 e. The zero-order chi connectivity index (χ0) is 15.6. The first-order valence-electron chi connectivity index (χ1n) is 5.95. The van der Waals surface area contributed by atoms with Crippen LogP contribution < -0.4 is 19.7 Å². The van der Waals surface area contributed by atoms with Crippen LogP contribution >= 0.6 is 0 Å². The molecule has 0 aliphatic rings. The van der Waals surface area contributed by atoms with Crippen LogP contribution in [-0.4, -0.2) is 23.1 Å². The molecule has 0 bridgehead atoms. The number of ether oxygens (including phenoxy) is 2. The number of carboxylic acids is 2. The number of hydrogen-bond donors (Lipinski definition) is 0. The van der Waals surface area contributed by atoms with E-state index < -0.39 is 23.1 Å². The molecule has 0 N–H and O–H groups in total. The summed E-state index contributed by atoms with van der Waals surface area (Å²) in [5.41, 5.74) is -3.02. The Morgan fingerprint density at radius 2 is 1.25 bits per heavy atom. The maximum absolute atomic E-state index is 10.9. The van der Waals surface area contributed by atoms with Crippen LogP contribution in [0.5, 0.6) is 11.5 Å². The van der Waals surface area contributed by atoms with E-state index in [9.17, 15) is 19.8 Å². The Bertz CT molecular complexity index is 475. The summed E-state index contributed by atoms with van der Waals surface area (Å²) >= 11 is 0. The highest BCUT2D eigenvalue weighted by Gasteiger charge is 2.23. The Labute approximate surface area is 116 Å². The minimum absolute atomic E-state index is 0.228. The van der Waals surface area contributed by atoms with Crippen LogP contribution in [0.4, 0.5) is 0 Å². The average Bonchev–Trinajstić information content (AvgIpc) is 2.27. The van der Waals surface area contributed by atoms with Crippen LogP contribution in [-0.2, 0) is 9.59 Å². The topological polar surface area (TPSA) is 98.7 Å². The first kappa shape index (κ1) is 15.8. The molecule has 0 radical (unpaired) electrons. The van der Waals surface area contributed by atoms with Crippen molar-refractivity contribution < 1.29 is 29.3 Å². The van der Waals surface area contributed by atoms with Crippen LogP contribution in [0.3, 0.4) is 0 Å². The quantitative estimate of drug-likeness (QED) is 0.696. The van der Waals surface area contributed by atoms with Gasteiger partial charge in [-0.05, 0) is 39.8 Å². The highest BCUT2D eigenvalue weighted by atomic mass is 16.5. The van der Waals surface area contributed by atoms with Crippen LogP contribution in [0.15, 0.2) is 24.3 Å². The molecule has 0 heterocycles. The van der Waals surface area contributed by atoms with E-state index in [4.69, 9.17) is 9.47 Å². The molecule has 6 nitrogen and oxygen atoms in total. The summed E-state index contributed by atoms with van der Waals surface area (Å²) in [6.45, 7) is 5.39. The van der Waals surface area contributed by atoms with Gasteiger partial charge in [0.05, 0.1) is 11.9 Å². The van der Waals surface area contributed by atoms with Crippen molar-refractivity contribution >= 4 is 11.9 Å². The first-order chi connectivity index (χ1) is 9.04. The Hall–Kier alpha value is -2.24. The number of rotatable bonds is 6. The van der Waals surface area contributed by atoms with Gasteiger partial charge in [0.15, 0.2) is 0 Å². The van der Waals surface area contributed by atoms with Crippen LogP contribution in [0, 0.1) is 0 Å². The van der Waals surface area contributed by atoms with Crippen LogP contribution in [0.1, 0.15) is 27.7 Å². The van der Waals surface area contributed by atoms with Crippen molar-refractivity contribution in [2.45, 2.75) is 38.9 Å². The van der Waals surface area contributed by atoms with Gasteiger partial charge in [-0.3, -0.25) is 0 Å². The van der Waals surface area contributed by atoms with E-state index in [0.717, 1.165) is 0 Å². The summed E-state index contributed by atoms with van der Waals surface area (Å²) in [7, 11) is 0. The minimum atomic E-state index is -1.51. The van der Waals surface area contributed by atoms with Crippen molar-refractivity contribution in [3.05, 3.63) is 24.3 Å². The average molecular weight is 280 g/mol. The van der Waals surface area contributed by atoms with Gasteiger partial charge < -0.3 is 29.3 Å². The third kappa shape index (κ3) is 3.88. The third-order valence-corrected chi connectivity index (χ3v) is 2.53. The van der Waals surface area contributed by atoms with Gasteiger partial charge >= 0.3 is 0 Å². The molecular formula is C14H16O6-2. The first-order valence-corrected chi connectivity index (χ1v) is 5.95. The van der Waals surface area contributed by atoms with Gasteiger partial charge in [-0.1, -0.05) is 6.07 Å². The van der Waals surface area contributed by atoms with Gasteiger partial charge in [0, 0.05) is 6.07 Å². The fraction of sp³-hybridized carbons (Fsp3) is 0.429. The molecule has 0 spiro atoms. The predicted molar refractivity (Wildman–Crippen MR) is 65.9 cm³/mol. The van der Waals surface area contributed by atoms with Crippen molar-refractivity contribution in [2.24, 2.45) is 0 Å². The molecule has 0 atom stereocenters. The van der Waals surface area contributed by atoms with Crippen molar-refractivity contribution in [1.29, 1.82) is 0 Å². The highest BCUT2D eigenvalue weighted by molar-refractivity contribution is 5.75. The molecule has 0 aliphatic carbocycles. The van der Waals surface area contributed by atoms with Gasteiger partial charge in [0.2, 0.25) is 0 Å². The van der Waals surface area contributed by atoms with Gasteiger partial charge in [0.1, 0.15) is 22.7 Å². The fourth-order valence-electron chi connectivity index (χ4n) is 1.27. The molecule has 0 saturated heterocycles. The van der Waals surface area contributed by atoms with Gasteiger partial charge in [-0.15, -0.1) is 0 Å². The molecule has 0 amide bonds. The number of benzene rings is 1. The number of carboxylic acid groups (broad SMARTS) is 2. The second-order valence-corrected chi connectivity index (χ2v) is 5.27. The maximum Gasteiger partial charge on any atom is 0.143 e. The van der Waals surface area contributed by atoms with Crippen LogP contribution in [0.25, 0.3) is 0 Å². The molecule has 0 saturated carbocycles. The molecule has 20 heavy (non-hydrogen) atoms. The lowest BCUT2D eigenvalue weighted by Gasteiger charge is -2.29. The molecule has 0 fully saturated rings. The zero-order valence-corrected chi connectivity index (χ0v) is 11.8. The summed E-state index contributed by atoms with van der Waals surface area (Å²) in [6.07, 6.45) is 0. The van der Waals surface area contributed by atoms with E-state index in [1.807, 2.05) is 0 Å². The molecule has 110 valence electrons. The summed E-state index contributed by atoms with van der Waals surface area (Å²) in [6, 6.07) is 6.02. The Kier molecular flexibility index (Phi) is 4.27. The lowest BCUT2D eigenvalue weighted by Crippen LogP contribution is -2.48. The molecule has 1 aromatic rings. The van der Waals surface area contributed by atoms with E-state index in [1.165, 1.54) is 45.9 Å². The fourth-order valence-corrected chi connectivity index (χ4v) is 1.27. The van der Waals surface area contributed by atoms with Crippen molar-refractivity contribution in [3.8, 4) is 11.5 Å². The minimum Gasteiger partial charge on any atom is -0.546 e. The molecule has 6 heteroatoms. The molecule has 0 unspecified atom stereocenters.